The first-order valence-electron chi connectivity index (χ1n) is 10.4. The number of ether oxygens (including phenoxy) is 1. The first kappa shape index (κ1) is 20.2. The molecule has 2 aliphatic rings. The Kier molecular flexibility index (Phi) is 6.30. The van der Waals surface area contributed by atoms with E-state index in [0.717, 1.165) is 30.2 Å². The fourth-order valence-corrected chi connectivity index (χ4v) is 6.22. The molecular weight excluding hydrogens is 386 g/mol. The van der Waals surface area contributed by atoms with Gasteiger partial charge in [0.15, 0.2) is 0 Å². The Morgan fingerprint density at radius 3 is 2.71 bits per heavy atom. The van der Waals surface area contributed by atoms with Crippen LogP contribution < -0.4 is 10.5 Å². The van der Waals surface area contributed by atoms with Gasteiger partial charge in [0.05, 0.1) is 28.6 Å². The molecule has 0 atom stereocenters. The van der Waals surface area contributed by atoms with E-state index in [1.165, 1.54) is 59.5 Å². The van der Waals surface area contributed by atoms with E-state index in [2.05, 4.69) is 37.4 Å². The molecule has 0 unspecified atom stereocenters. The quantitative estimate of drug-likeness (QED) is 0.537. The molecule has 2 fully saturated rings. The van der Waals surface area contributed by atoms with Crippen LogP contribution in [0.4, 0.5) is 5.69 Å². The van der Waals surface area contributed by atoms with E-state index in [0.29, 0.717) is 11.8 Å². The number of benzene rings is 1. The van der Waals surface area contributed by atoms with Crippen molar-refractivity contribution < 1.29 is 4.74 Å². The van der Waals surface area contributed by atoms with Crippen LogP contribution in [0.3, 0.4) is 0 Å². The Hall–Kier alpha value is -1.08. The van der Waals surface area contributed by atoms with Crippen molar-refractivity contribution in [2.24, 2.45) is 11.1 Å². The summed E-state index contributed by atoms with van der Waals surface area (Å²) in [4.78, 5) is 7.09. The van der Waals surface area contributed by atoms with Gasteiger partial charge in [-0.3, -0.25) is 5.14 Å². The SMILES string of the molecule is CC(C)CC1(Nc2ccc(-c3cnc(C4CCCCC4)s3)c(SN)c2)COC1. The first-order valence-corrected chi connectivity index (χ1v) is 12.1. The molecule has 0 spiro atoms. The minimum Gasteiger partial charge on any atom is -0.376 e. The lowest BCUT2D eigenvalue weighted by Gasteiger charge is -2.44. The normalized spacial score (nSPS) is 19.6. The maximum absolute atomic E-state index is 6.05. The summed E-state index contributed by atoms with van der Waals surface area (Å²) >= 11 is 3.17. The van der Waals surface area contributed by atoms with Crippen molar-refractivity contribution in [1.82, 2.24) is 4.98 Å². The van der Waals surface area contributed by atoms with Crippen molar-refractivity contribution in [2.75, 3.05) is 18.5 Å². The number of thiazole rings is 1. The van der Waals surface area contributed by atoms with Crippen molar-refractivity contribution in [1.29, 1.82) is 0 Å². The van der Waals surface area contributed by atoms with Crippen molar-refractivity contribution in [2.45, 2.75) is 68.7 Å². The van der Waals surface area contributed by atoms with Crippen LogP contribution in [0.25, 0.3) is 10.4 Å². The molecule has 0 amide bonds. The lowest BCUT2D eigenvalue weighted by molar-refractivity contribution is -0.0505. The molecule has 2 heterocycles. The van der Waals surface area contributed by atoms with Gasteiger partial charge in [-0.2, -0.15) is 0 Å². The van der Waals surface area contributed by atoms with Crippen LogP contribution >= 0.6 is 23.3 Å². The monoisotopic (exact) mass is 417 g/mol. The topological polar surface area (TPSA) is 60.2 Å². The van der Waals surface area contributed by atoms with E-state index in [4.69, 9.17) is 14.9 Å². The van der Waals surface area contributed by atoms with Crippen molar-refractivity contribution >= 4 is 29.0 Å². The van der Waals surface area contributed by atoms with Gasteiger partial charge in [0.1, 0.15) is 0 Å². The van der Waals surface area contributed by atoms with E-state index >= 15 is 0 Å². The van der Waals surface area contributed by atoms with E-state index in [9.17, 15) is 0 Å². The highest BCUT2D eigenvalue weighted by Crippen LogP contribution is 2.40. The zero-order valence-electron chi connectivity index (χ0n) is 16.9. The summed E-state index contributed by atoms with van der Waals surface area (Å²) in [5.74, 6) is 1.28. The lowest BCUT2D eigenvalue weighted by Crippen LogP contribution is -2.56. The van der Waals surface area contributed by atoms with Crippen LogP contribution in [0.2, 0.25) is 0 Å². The molecule has 2 aromatic rings. The van der Waals surface area contributed by atoms with Gasteiger partial charge in [-0.1, -0.05) is 39.2 Å². The third-order valence-electron chi connectivity index (χ3n) is 5.82. The summed E-state index contributed by atoms with van der Waals surface area (Å²) in [7, 11) is 0. The summed E-state index contributed by atoms with van der Waals surface area (Å²) in [6, 6.07) is 6.55. The second kappa shape index (κ2) is 8.74. The molecule has 6 heteroatoms. The molecule has 1 aliphatic carbocycles. The van der Waals surface area contributed by atoms with Crippen LogP contribution in [0.5, 0.6) is 0 Å². The standard InChI is InChI=1S/C22H31N3OS2/c1-15(2)11-22(13-26-14-22)25-17-8-9-18(19(10-17)28-23)20-12-24-21(27-20)16-6-4-3-5-7-16/h8-10,12,15-16,25H,3-7,11,13-14,23H2,1-2H3. The number of nitrogens with zero attached hydrogens (tertiary/aromatic N) is 1. The van der Waals surface area contributed by atoms with Gasteiger partial charge in [0.2, 0.25) is 0 Å². The fraction of sp³-hybridized carbons (Fsp3) is 0.591. The lowest BCUT2D eigenvalue weighted by atomic mass is 9.87. The number of rotatable bonds is 7. The maximum Gasteiger partial charge on any atom is 0.0962 e. The molecular formula is C22H31N3OS2. The Labute approximate surface area is 176 Å². The van der Waals surface area contributed by atoms with E-state index in [1.807, 2.05) is 17.5 Å². The maximum atomic E-state index is 6.05. The van der Waals surface area contributed by atoms with Crippen LogP contribution in [0.1, 0.15) is 63.3 Å². The largest absolute Gasteiger partial charge is 0.376 e. The van der Waals surface area contributed by atoms with Crippen molar-refractivity contribution in [3.63, 3.8) is 0 Å². The summed E-state index contributed by atoms with van der Waals surface area (Å²) in [6.07, 6.45) is 9.77. The van der Waals surface area contributed by atoms with Gasteiger partial charge < -0.3 is 10.1 Å². The van der Waals surface area contributed by atoms with Gasteiger partial charge >= 0.3 is 0 Å². The fourth-order valence-electron chi connectivity index (χ4n) is 4.53. The van der Waals surface area contributed by atoms with Gasteiger partial charge in [-0.15, -0.1) is 11.3 Å². The molecule has 4 nitrogen and oxygen atoms in total. The van der Waals surface area contributed by atoms with E-state index < -0.39 is 0 Å². The number of hydrogen-bond donors (Lipinski definition) is 2. The van der Waals surface area contributed by atoms with Crippen LogP contribution in [-0.2, 0) is 4.74 Å². The zero-order valence-corrected chi connectivity index (χ0v) is 18.5. The van der Waals surface area contributed by atoms with Crippen LogP contribution in [-0.4, -0.2) is 23.7 Å². The molecule has 1 aliphatic heterocycles. The van der Waals surface area contributed by atoms with Crippen LogP contribution in [0, 0.1) is 5.92 Å². The first-order chi connectivity index (χ1) is 13.6. The highest BCUT2D eigenvalue weighted by atomic mass is 32.2. The van der Waals surface area contributed by atoms with Crippen molar-refractivity contribution in [3.8, 4) is 10.4 Å². The number of anilines is 1. The van der Waals surface area contributed by atoms with Gasteiger partial charge in [0, 0.05) is 28.3 Å². The molecule has 0 radical (unpaired) electrons. The van der Waals surface area contributed by atoms with Gasteiger partial charge in [0.25, 0.3) is 0 Å². The zero-order chi connectivity index (χ0) is 19.6. The number of aromatic nitrogens is 1. The van der Waals surface area contributed by atoms with E-state index in [1.54, 1.807) is 0 Å². The highest BCUT2D eigenvalue weighted by molar-refractivity contribution is 7.97. The number of nitrogens with two attached hydrogens (primary N) is 1. The summed E-state index contributed by atoms with van der Waals surface area (Å²) in [5, 5.41) is 11.1. The smallest absolute Gasteiger partial charge is 0.0962 e. The average molecular weight is 418 g/mol. The Morgan fingerprint density at radius 1 is 1.29 bits per heavy atom. The minimum atomic E-state index is 0.0604. The molecule has 28 heavy (non-hydrogen) atoms. The van der Waals surface area contributed by atoms with Gasteiger partial charge in [-0.25, -0.2) is 4.98 Å². The average Bonchev–Trinajstić information content (AvgIpc) is 3.16. The Morgan fingerprint density at radius 2 is 2.07 bits per heavy atom. The molecule has 4 rings (SSSR count). The van der Waals surface area contributed by atoms with Crippen LogP contribution in [0.15, 0.2) is 29.3 Å². The molecule has 1 aromatic heterocycles. The van der Waals surface area contributed by atoms with E-state index in [-0.39, 0.29) is 5.54 Å². The highest BCUT2D eigenvalue weighted by Gasteiger charge is 2.39. The number of hydrogen-bond acceptors (Lipinski definition) is 6. The summed E-state index contributed by atoms with van der Waals surface area (Å²) in [5.41, 5.74) is 2.38. The van der Waals surface area contributed by atoms with Gasteiger partial charge in [-0.05, 0) is 49.3 Å². The summed E-state index contributed by atoms with van der Waals surface area (Å²) < 4.78 is 5.52. The molecule has 152 valence electrons. The predicted molar refractivity (Wildman–Crippen MR) is 120 cm³/mol. The molecule has 1 saturated heterocycles. The molecule has 1 saturated carbocycles. The Bertz CT molecular complexity index is 795. The minimum absolute atomic E-state index is 0.0604. The third-order valence-corrected chi connectivity index (χ3v) is 7.60. The Balaban J connectivity index is 1.53. The molecule has 3 N–H and O–H groups in total. The molecule has 1 aromatic carbocycles. The predicted octanol–water partition coefficient (Wildman–Crippen LogP) is 6.05. The van der Waals surface area contributed by atoms with Crippen molar-refractivity contribution in [3.05, 3.63) is 29.4 Å². The second-order valence-electron chi connectivity index (χ2n) is 8.72. The summed E-state index contributed by atoms with van der Waals surface area (Å²) in [6.45, 7) is 6.08. The third kappa shape index (κ3) is 4.40. The second-order valence-corrected chi connectivity index (χ2v) is 10.5. The number of nitrogens with one attached hydrogen (secondary N) is 1. The molecule has 0 bridgehead atoms.